The highest BCUT2D eigenvalue weighted by atomic mass is 16.6. The number of aromatic carboxylic acids is 1. The normalized spacial score (nSPS) is 18.2. The number of benzene rings is 1. The molecule has 1 heterocycles. The zero-order valence-electron chi connectivity index (χ0n) is 12.2. The van der Waals surface area contributed by atoms with Crippen LogP contribution in [0.15, 0.2) is 18.2 Å². The maximum absolute atomic E-state index is 11.3. The number of hydrogen-bond acceptors (Lipinski definition) is 5. The van der Waals surface area contributed by atoms with Crippen molar-refractivity contribution in [2.24, 2.45) is 0 Å². The Kier molecular flexibility index (Phi) is 4.42. The van der Waals surface area contributed by atoms with Crippen LogP contribution in [0.2, 0.25) is 0 Å². The van der Waals surface area contributed by atoms with E-state index in [0.717, 1.165) is 32.0 Å². The number of carboxylic acids is 1. The SMILES string of the molecule is CN(C)CC1CCCN1c1ccc(C(=O)O)cc1[N+](=O)[O-]. The van der Waals surface area contributed by atoms with E-state index in [9.17, 15) is 14.9 Å². The molecular weight excluding hydrogens is 274 g/mol. The summed E-state index contributed by atoms with van der Waals surface area (Å²) in [7, 11) is 3.94. The molecule has 1 aromatic carbocycles. The molecule has 0 radical (unpaired) electrons. The second kappa shape index (κ2) is 6.09. The quantitative estimate of drug-likeness (QED) is 0.658. The first kappa shape index (κ1) is 15.2. The van der Waals surface area contributed by atoms with Crippen LogP contribution in [-0.2, 0) is 0 Å². The third-order valence-electron chi connectivity index (χ3n) is 3.68. The molecule has 0 aromatic heterocycles. The maximum atomic E-state index is 11.3. The summed E-state index contributed by atoms with van der Waals surface area (Å²) in [6.45, 7) is 1.57. The summed E-state index contributed by atoms with van der Waals surface area (Å²) in [5.74, 6) is -1.16. The lowest BCUT2D eigenvalue weighted by atomic mass is 10.1. The van der Waals surface area contributed by atoms with Gasteiger partial charge in [0.05, 0.1) is 10.5 Å². The molecule has 1 aromatic rings. The molecule has 1 aliphatic heterocycles. The lowest BCUT2D eigenvalue weighted by Crippen LogP contribution is -2.37. The van der Waals surface area contributed by atoms with Crippen LogP contribution in [-0.4, -0.2) is 54.1 Å². The van der Waals surface area contributed by atoms with E-state index in [-0.39, 0.29) is 17.3 Å². The fourth-order valence-corrected chi connectivity index (χ4v) is 2.81. The van der Waals surface area contributed by atoms with Gasteiger partial charge in [-0.2, -0.15) is 0 Å². The Labute approximate surface area is 122 Å². The van der Waals surface area contributed by atoms with Crippen molar-refractivity contribution < 1.29 is 14.8 Å². The number of rotatable bonds is 5. The van der Waals surface area contributed by atoms with Crippen molar-refractivity contribution in [1.82, 2.24) is 4.90 Å². The Bertz CT molecular complexity index is 559. The van der Waals surface area contributed by atoms with Gasteiger partial charge in [0.25, 0.3) is 5.69 Å². The van der Waals surface area contributed by atoms with Crippen LogP contribution in [0.3, 0.4) is 0 Å². The third-order valence-corrected chi connectivity index (χ3v) is 3.68. The molecule has 1 aliphatic rings. The average molecular weight is 293 g/mol. The smallest absolute Gasteiger partial charge is 0.335 e. The summed E-state index contributed by atoms with van der Waals surface area (Å²) in [4.78, 5) is 25.8. The van der Waals surface area contributed by atoms with E-state index < -0.39 is 10.9 Å². The molecule has 0 aliphatic carbocycles. The van der Waals surface area contributed by atoms with Crippen LogP contribution in [0, 0.1) is 10.1 Å². The van der Waals surface area contributed by atoms with E-state index in [2.05, 4.69) is 4.90 Å². The Morgan fingerprint density at radius 2 is 2.24 bits per heavy atom. The first-order valence-corrected chi connectivity index (χ1v) is 6.83. The fourth-order valence-electron chi connectivity index (χ4n) is 2.81. The van der Waals surface area contributed by atoms with Crippen molar-refractivity contribution in [3.63, 3.8) is 0 Å². The molecule has 0 bridgehead atoms. The minimum absolute atomic E-state index is 0.0613. The molecule has 1 N–H and O–H groups in total. The van der Waals surface area contributed by atoms with Gasteiger partial charge in [0.2, 0.25) is 0 Å². The Balaban J connectivity index is 2.38. The van der Waals surface area contributed by atoms with Crippen molar-refractivity contribution >= 4 is 17.3 Å². The van der Waals surface area contributed by atoms with Gasteiger partial charge in [-0.15, -0.1) is 0 Å². The van der Waals surface area contributed by atoms with Crippen LogP contribution in [0.1, 0.15) is 23.2 Å². The minimum atomic E-state index is -1.16. The Hall–Kier alpha value is -2.15. The number of nitro benzene ring substituents is 1. The molecule has 2 rings (SSSR count). The zero-order valence-corrected chi connectivity index (χ0v) is 12.2. The lowest BCUT2D eigenvalue weighted by Gasteiger charge is -2.28. The molecule has 1 atom stereocenters. The average Bonchev–Trinajstić information content (AvgIpc) is 2.84. The van der Waals surface area contributed by atoms with Crippen molar-refractivity contribution in [3.8, 4) is 0 Å². The number of likely N-dealkylation sites (N-methyl/N-ethyl adjacent to an activating group) is 1. The molecule has 0 saturated carbocycles. The van der Waals surface area contributed by atoms with Gasteiger partial charge in [0.15, 0.2) is 0 Å². The highest BCUT2D eigenvalue weighted by molar-refractivity contribution is 5.90. The predicted molar refractivity (Wildman–Crippen MR) is 79.0 cm³/mol. The minimum Gasteiger partial charge on any atom is -0.478 e. The van der Waals surface area contributed by atoms with Crippen LogP contribution >= 0.6 is 0 Å². The van der Waals surface area contributed by atoms with Gasteiger partial charge in [-0.3, -0.25) is 10.1 Å². The van der Waals surface area contributed by atoms with Gasteiger partial charge < -0.3 is 14.9 Å². The van der Waals surface area contributed by atoms with Crippen LogP contribution in [0.25, 0.3) is 0 Å². The van der Waals surface area contributed by atoms with E-state index in [1.165, 1.54) is 6.07 Å². The highest BCUT2D eigenvalue weighted by Crippen LogP contribution is 2.34. The van der Waals surface area contributed by atoms with Gasteiger partial charge in [-0.05, 0) is 39.1 Å². The van der Waals surface area contributed by atoms with E-state index in [0.29, 0.717) is 5.69 Å². The molecule has 1 fully saturated rings. The first-order chi connectivity index (χ1) is 9.90. The molecule has 21 heavy (non-hydrogen) atoms. The topological polar surface area (TPSA) is 86.9 Å². The predicted octanol–water partition coefficient (Wildman–Crippen LogP) is 1.82. The fraction of sp³-hybridized carbons (Fsp3) is 0.500. The monoisotopic (exact) mass is 293 g/mol. The van der Waals surface area contributed by atoms with Crippen molar-refractivity contribution in [2.75, 3.05) is 32.1 Å². The van der Waals surface area contributed by atoms with E-state index >= 15 is 0 Å². The van der Waals surface area contributed by atoms with Crippen LogP contribution in [0.5, 0.6) is 0 Å². The van der Waals surface area contributed by atoms with Gasteiger partial charge in [0.1, 0.15) is 5.69 Å². The van der Waals surface area contributed by atoms with Gasteiger partial charge >= 0.3 is 5.97 Å². The lowest BCUT2D eigenvalue weighted by molar-refractivity contribution is -0.384. The molecule has 114 valence electrons. The van der Waals surface area contributed by atoms with Gasteiger partial charge in [-0.1, -0.05) is 0 Å². The first-order valence-electron chi connectivity index (χ1n) is 6.83. The van der Waals surface area contributed by atoms with Crippen LogP contribution < -0.4 is 4.90 Å². The molecule has 7 nitrogen and oxygen atoms in total. The molecule has 1 unspecified atom stereocenters. The summed E-state index contributed by atoms with van der Waals surface area (Å²) in [5, 5.41) is 20.2. The summed E-state index contributed by atoms with van der Waals surface area (Å²) in [6, 6.07) is 4.34. The standard InChI is InChI=1S/C14H19N3O4/c1-15(2)9-11-4-3-7-16(11)12-6-5-10(14(18)19)8-13(12)17(20)21/h5-6,8,11H,3-4,7,9H2,1-2H3,(H,18,19). The van der Waals surface area contributed by atoms with Gasteiger partial charge in [0, 0.05) is 25.2 Å². The summed E-state index contributed by atoms with van der Waals surface area (Å²) < 4.78 is 0. The van der Waals surface area contributed by atoms with Crippen molar-refractivity contribution in [3.05, 3.63) is 33.9 Å². The summed E-state index contributed by atoms with van der Waals surface area (Å²) in [5.41, 5.74) is 0.309. The second-order valence-electron chi connectivity index (χ2n) is 5.52. The Morgan fingerprint density at radius 3 is 2.81 bits per heavy atom. The number of anilines is 1. The Morgan fingerprint density at radius 1 is 1.52 bits per heavy atom. The number of nitrogens with zero attached hydrogens (tertiary/aromatic N) is 3. The largest absolute Gasteiger partial charge is 0.478 e. The number of carbonyl (C=O) groups is 1. The molecule has 0 amide bonds. The van der Waals surface area contributed by atoms with E-state index in [1.54, 1.807) is 6.07 Å². The number of carboxylic acid groups (broad SMARTS) is 1. The molecule has 7 heteroatoms. The second-order valence-corrected chi connectivity index (χ2v) is 5.52. The van der Waals surface area contributed by atoms with E-state index in [1.807, 2.05) is 19.0 Å². The summed E-state index contributed by atoms with van der Waals surface area (Å²) in [6.07, 6.45) is 1.96. The molecule has 0 spiro atoms. The molecule has 1 saturated heterocycles. The highest BCUT2D eigenvalue weighted by Gasteiger charge is 2.30. The van der Waals surface area contributed by atoms with Gasteiger partial charge in [-0.25, -0.2) is 4.79 Å². The zero-order chi connectivity index (χ0) is 15.6. The molecular formula is C14H19N3O4. The van der Waals surface area contributed by atoms with E-state index in [4.69, 9.17) is 5.11 Å². The number of hydrogen-bond donors (Lipinski definition) is 1. The van der Waals surface area contributed by atoms with Crippen molar-refractivity contribution in [1.29, 1.82) is 0 Å². The third kappa shape index (κ3) is 3.30. The summed E-state index contributed by atoms with van der Waals surface area (Å²) >= 11 is 0. The maximum Gasteiger partial charge on any atom is 0.335 e. The number of nitro groups is 1. The van der Waals surface area contributed by atoms with Crippen LogP contribution in [0.4, 0.5) is 11.4 Å². The van der Waals surface area contributed by atoms with Crippen molar-refractivity contribution in [2.45, 2.75) is 18.9 Å².